The van der Waals surface area contributed by atoms with Crippen LogP contribution in [0.3, 0.4) is 0 Å². The van der Waals surface area contributed by atoms with Gasteiger partial charge in [0.05, 0.1) is 30.5 Å². The molecule has 0 bridgehead atoms. The van der Waals surface area contributed by atoms with E-state index in [1.165, 1.54) is 0 Å². The van der Waals surface area contributed by atoms with Crippen molar-refractivity contribution in [3.63, 3.8) is 0 Å². The summed E-state index contributed by atoms with van der Waals surface area (Å²) in [5, 5.41) is 6.28. The number of fused-ring (bicyclic) bond motifs is 1. The molecule has 2 saturated heterocycles. The van der Waals surface area contributed by atoms with Crippen molar-refractivity contribution in [3.8, 4) is 0 Å². The molecule has 0 radical (unpaired) electrons. The number of aromatic nitrogens is 1. The highest BCUT2D eigenvalue weighted by molar-refractivity contribution is 5.92. The lowest BCUT2D eigenvalue weighted by Gasteiger charge is -2.38. The maximum Gasteiger partial charge on any atom is 0.229 e. The molecule has 3 heterocycles. The number of carbonyl (C=O) groups is 1. The highest BCUT2D eigenvalue weighted by atomic mass is 16.5. The number of ether oxygens (including phenoxy) is 1. The monoisotopic (exact) mass is 261 g/mol. The van der Waals surface area contributed by atoms with Crippen molar-refractivity contribution >= 4 is 11.6 Å². The van der Waals surface area contributed by atoms with Gasteiger partial charge in [-0.1, -0.05) is 0 Å². The van der Waals surface area contributed by atoms with E-state index in [4.69, 9.17) is 4.74 Å². The summed E-state index contributed by atoms with van der Waals surface area (Å²) in [6.45, 7) is 2.52. The van der Waals surface area contributed by atoms with Gasteiger partial charge in [0.2, 0.25) is 5.91 Å². The molecule has 0 aromatic carbocycles. The molecule has 1 amide bonds. The van der Waals surface area contributed by atoms with Gasteiger partial charge < -0.3 is 15.4 Å². The Labute approximate surface area is 112 Å². The molecule has 5 nitrogen and oxygen atoms in total. The highest BCUT2D eigenvalue weighted by Crippen LogP contribution is 2.29. The van der Waals surface area contributed by atoms with Gasteiger partial charge in [-0.2, -0.15) is 0 Å². The molecule has 5 heteroatoms. The fraction of sp³-hybridized carbons (Fsp3) is 0.571. The Balaban J connectivity index is 1.59. The number of nitrogens with one attached hydrogen (secondary N) is 2. The number of hydrogen-bond acceptors (Lipinski definition) is 4. The number of piperidine rings is 1. The molecule has 102 valence electrons. The summed E-state index contributed by atoms with van der Waals surface area (Å²) in [7, 11) is 0. The molecule has 2 aliphatic rings. The van der Waals surface area contributed by atoms with E-state index in [0.717, 1.165) is 31.6 Å². The quantitative estimate of drug-likeness (QED) is 0.835. The minimum absolute atomic E-state index is 0.0389. The Morgan fingerprint density at radius 3 is 3.32 bits per heavy atom. The third-order valence-electron chi connectivity index (χ3n) is 3.94. The largest absolute Gasteiger partial charge is 0.377 e. The molecular weight excluding hydrogens is 242 g/mol. The number of carbonyl (C=O) groups excluding carboxylic acids is 1. The lowest BCUT2D eigenvalue weighted by atomic mass is 9.84. The number of rotatable bonds is 2. The third kappa shape index (κ3) is 2.93. The summed E-state index contributed by atoms with van der Waals surface area (Å²) in [6, 6.07) is 3.66. The van der Waals surface area contributed by atoms with Gasteiger partial charge in [0.1, 0.15) is 0 Å². The van der Waals surface area contributed by atoms with Crippen LogP contribution in [0.25, 0.3) is 0 Å². The maximum atomic E-state index is 12.2. The first-order valence-corrected chi connectivity index (χ1v) is 6.86. The lowest BCUT2D eigenvalue weighted by molar-refractivity contribution is -0.131. The molecule has 3 atom stereocenters. The van der Waals surface area contributed by atoms with Crippen molar-refractivity contribution in [2.75, 3.05) is 25.0 Å². The number of amides is 1. The summed E-state index contributed by atoms with van der Waals surface area (Å²) < 4.78 is 5.84. The van der Waals surface area contributed by atoms with Gasteiger partial charge in [-0.05, 0) is 37.4 Å². The second-order valence-electron chi connectivity index (χ2n) is 5.29. The summed E-state index contributed by atoms with van der Waals surface area (Å²) in [5.74, 6) is 0.450. The van der Waals surface area contributed by atoms with Crippen LogP contribution in [-0.2, 0) is 9.53 Å². The predicted octanol–water partition coefficient (Wildman–Crippen LogP) is 1.03. The van der Waals surface area contributed by atoms with E-state index in [2.05, 4.69) is 15.6 Å². The van der Waals surface area contributed by atoms with E-state index >= 15 is 0 Å². The zero-order valence-electron chi connectivity index (χ0n) is 10.8. The first-order chi connectivity index (χ1) is 9.33. The summed E-state index contributed by atoms with van der Waals surface area (Å²) >= 11 is 0. The van der Waals surface area contributed by atoms with Crippen molar-refractivity contribution in [3.05, 3.63) is 24.5 Å². The van der Waals surface area contributed by atoms with Crippen LogP contribution in [0.15, 0.2) is 24.5 Å². The normalized spacial score (nSPS) is 30.4. The van der Waals surface area contributed by atoms with Gasteiger partial charge in [0, 0.05) is 12.7 Å². The summed E-state index contributed by atoms with van der Waals surface area (Å²) in [4.78, 5) is 16.2. The lowest BCUT2D eigenvalue weighted by Crippen LogP contribution is -2.48. The zero-order valence-corrected chi connectivity index (χ0v) is 10.8. The third-order valence-corrected chi connectivity index (χ3v) is 3.94. The molecule has 0 saturated carbocycles. The average molecular weight is 261 g/mol. The van der Waals surface area contributed by atoms with Crippen LogP contribution in [0, 0.1) is 11.8 Å². The van der Waals surface area contributed by atoms with Crippen LogP contribution < -0.4 is 10.6 Å². The second-order valence-corrected chi connectivity index (χ2v) is 5.29. The second kappa shape index (κ2) is 5.67. The first-order valence-electron chi connectivity index (χ1n) is 6.86. The molecular formula is C14H19N3O2. The van der Waals surface area contributed by atoms with Crippen molar-refractivity contribution in [1.29, 1.82) is 0 Å². The predicted molar refractivity (Wildman–Crippen MR) is 71.7 cm³/mol. The molecule has 2 aliphatic heterocycles. The molecule has 3 rings (SSSR count). The molecule has 0 aliphatic carbocycles. The van der Waals surface area contributed by atoms with Crippen LogP contribution in [-0.4, -0.2) is 36.7 Å². The topological polar surface area (TPSA) is 63.2 Å². The Kier molecular flexibility index (Phi) is 3.75. The highest BCUT2D eigenvalue weighted by Gasteiger charge is 2.35. The van der Waals surface area contributed by atoms with E-state index in [-0.39, 0.29) is 11.8 Å². The Morgan fingerprint density at radius 1 is 1.53 bits per heavy atom. The maximum absolute atomic E-state index is 12.2. The van der Waals surface area contributed by atoms with Crippen LogP contribution in [0.1, 0.15) is 12.8 Å². The van der Waals surface area contributed by atoms with Gasteiger partial charge in [0.25, 0.3) is 0 Å². The first kappa shape index (κ1) is 12.6. The fourth-order valence-corrected chi connectivity index (χ4v) is 2.89. The van der Waals surface area contributed by atoms with E-state index in [1.54, 1.807) is 12.4 Å². The van der Waals surface area contributed by atoms with Crippen LogP contribution >= 0.6 is 0 Å². The molecule has 2 N–H and O–H groups in total. The minimum atomic E-state index is -0.0543. The number of anilines is 1. The van der Waals surface area contributed by atoms with Gasteiger partial charge in [-0.25, -0.2) is 0 Å². The average Bonchev–Trinajstić information content (AvgIpc) is 2.48. The Hall–Kier alpha value is -1.46. The van der Waals surface area contributed by atoms with Crippen molar-refractivity contribution in [2.45, 2.75) is 18.9 Å². The van der Waals surface area contributed by atoms with Gasteiger partial charge in [0.15, 0.2) is 0 Å². The number of hydrogen-bond donors (Lipinski definition) is 2. The van der Waals surface area contributed by atoms with Crippen LogP contribution in [0.5, 0.6) is 0 Å². The number of nitrogens with zero attached hydrogens (tertiary/aromatic N) is 1. The van der Waals surface area contributed by atoms with E-state index in [9.17, 15) is 4.79 Å². The smallest absolute Gasteiger partial charge is 0.229 e. The molecule has 0 spiro atoms. The van der Waals surface area contributed by atoms with Crippen molar-refractivity contribution in [1.82, 2.24) is 10.3 Å². The van der Waals surface area contributed by atoms with Crippen LogP contribution in [0.4, 0.5) is 5.69 Å². The van der Waals surface area contributed by atoms with E-state index in [0.29, 0.717) is 18.6 Å². The molecule has 1 aromatic heterocycles. The zero-order chi connectivity index (χ0) is 13.1. The molecule has 1 aromatic rings. The van der Waals surface area contributed by atoms with Gasteiger partial charge >= 0.3 is 0 Å². The van der Waals surface area contributed by atoms with Crippen molar-refractivity contribution < 1.29 is 9.53 Å². The Bertz CT molecular complexity index is 438. The fourth-order valence-electron chi connectivity index (χ4n) is 2.89. The Morgan fingerprint density at radius 2 is 2.47 bits per heavy atom. The van der Waals surface area contributed by atoms with Gasteiger partial charge in [-0.15, -0.1) is 0 Å². The summed E-state index contributed by atoms with van der Waals surface area (Å²) in [5.41, 5.74) is 0.747. The number of pyridine rings is 1. The minimum Gasteiger partial charge on any atom is -0.377 e. The van der Waals surface area contributed by atoms with Crippen LogP contribution in [0.2, 0.25) is 0 Å². The van der Waals surface area contributed by atoms with Gasteiger partial charge in [-0.3, -0.25) is 9.78 Å². The van der Waals surface area contributed by atoms with E-state index < -0.39 is 0 Å². The summed E-state index contributed by atoms with van der Waals surface area (Å²) in [6.07, 6.45) is 5.65. The standard InChI is InChI=1S/C14H19N3O2/c18-14(17-12-2-1-4-15-8-12)11-6-10-7-16-5-3-13(10)19-9-11/h1-2,4,8,10-11,13,16H,3,5-7,9H2,(H,17,18)/t10-,11-,13+/m1/s1. The SMILES string of the molecule is O=C(Nc1cccnc1)[C@H]1CO[C@H]2CCNC[C@H]2C1. The van der Waals surface area contributed by atoms with E-state index in [1.807, 2.05) is 12.1 Å². The molecule has 2 fully saturated rings. The molecule has 19 heavy (non-hydrogen) atoms. The van der Waals surface area contributed by atoms with Crippen molar-refractivity contribution in [2.24, 2.45) is 11.8 Å². The molecule has 0 unspecified atom stereocenters.